The third-order valence-electron chi connectivity index (χ3n) is 3.76. The molecule has 1 aromatic heterocycles. The molecule has 1 aromatic carbocycles. The minimum Gasteiger partial charge on any atom is -0.329 e. The quantitative estimate of drug-likeness (QED) is 0.849. The third kappa shape index (κ3) is 2.16. The molecule has 0 unspecified atom stereocenters. The zero-order valence-corrected chi connectivity index (χ0v) is 11.0. The zero-order chi connectivity index (χ0) is 13.0. The van der Waals surface area contributed by atoms with Crippen molar-refractivity contribution in [2.45, 2.75) is 32.1 Å². The van der Waals surface area contributed by atoms with Crippen molar-refractivity contribution >= 4 is 0 Å². The second-order valence-electron chi connectivity index (χ2n) is 4.57. The summed E-state index contributed by atoms with van der Waals surface area (Å²) < 4.78 is 0. The Kier molecular flexibility index (Phi) is 3.77. The largest absolute Gasteiger partial charge is 0.329 e. The van der Waals surface area contributed by atoms with Crippen molar-refractivity contribution in [3.05, 3.63) is 36.2 Å². The third-order valence-corrected chi connectivity index (χ3v) is 3.76. The lowest BCUT2D eigenvalue weighted by atomic mass is 9.82. The Bertz CT molecular complexity index is 477. The van der Waals surface area contributed by atoms with Gasteiger partial charge in [0.05, 0.1) is 0 Å². The second kappa shape index (κ2) is 5.31. The van der Waals surface area contributed by atoms with Crippen molar-refractivity contribution in [2.24, 2.45) is 5.73 Å². The average Bonchev–Trinajstić information content (AvgIpc) is 2.93. The Morgan fingerprint density at radius 2 is 1.83 bits per heavy atom. The number of nitrogens with two attached hydrogens (primary N) is 1. The Morgan fingerprint density at radius 3 is 2.39 bits per heavy atom. The van der Waals surface area contributed by atoms with Crippen LogP contribution in [0.3, 0.4) is 0 Å². The van der Waals surface area contributed by atoms with Crippen molar-refractivity contribution in [1.29, 1.82) is 0 Å². The van der Waals surface area contributed by atoms with Crippen LogP contribution in [0.5, 0.6) is 0 Å². The number of aromatic amines is 1. The summed E-state index contributed by atoms with van der Waals surface area (Å²) in [7, 11) is 0. The highest BCUT2D eigenvalue weighted by Crippen LogP contribution is 2.28. The van der Waals surface area contributed by atoms with E-state index in [1.807, 2.05) is 30.3 Å². The fourth-order valence-electron chi connectivity index (χ4n) is 2.19. The first-order valence-corrected chi connectivity index (χ1v) is 6.44. The van der Waals surface area contributed by atoms with Crippen molar-refractivity contribution in [3.8, 4) is 11.4 Å². The molecule has 3 N–H and O–H groups in total. The molecule has 2 aromatic rings. The molecular weight excluding hydrogens is 224 g/mol. The molecular formula is C14H20N4. The number of hydrogen-bond donors (Lipinski definition) is 2. The molecule has 1 heterocycles. The second-order valence-corrected chi connectivity index (χ2v) is 4.57. The summed E-state index contributed by atoms with van der Waals surface area (Å²) in [4.78, 5) is 4.62. The van der Waals surface area contributed by atoms with Gasteiger partial charge in [-0.1, -0.05) is 44.2 Å². The Labute approximate surface area is 108 Å². The minimum atomic E-state index is -0.0833. The number of hydrogen-bond acceptors (Lipinski definition) is 3. The van der Waals surface area contributed by atoms with Crippen molar-refractivity contribution in [3.63, 3.8) is 0 Å². The number of rotatable bonds is 5. The van der Waals surface area contributed by atoms with Crippen LogP contribution in [0.2, 0.25) is 0 Å². The summed E-state index contributed by atoms with van der Waals surface area (Å²) >= 11 is 0. The van der Waals surface area contributed by atoms with Gasteiger partial charge in [-0.05, 0) is 12.8 Å². The number of benzene rings is 1. The number of aromatic nitrogens is 3. The highest BCUT2D eigenvalue weighted by Gasteiger charge is 2.30. The van der Waals surface area contributed by atoms with Crippen LogP contribution < -0.4 is 5.73 Å². The maximum absolute atomic E-state index is 5.92. The van der Waals surface area contributed by atoms with E-state index >= 15 is 0 Å². The molecule has 2 rings (SSSR count). The molecule has 18 heavy (non-hydrogen) atoms. The molecule has 0 atom stereocenters. The van der Waals surface area contributed by atoms with Gasteiger partial charge in [0.15, 0.2) is 5.82 Å². The molecule has 0 aliphatic rings. The summed E-state index contributed by atoms with van der Waals surface area (Å²) in [5.74, 6) is 1.64. The standard InChI is InChI=1S/C14H20N4/c1-3-14(4-2,10-15)13-16-12(17-18-13)11-8-6-5-7-9-11/h5-9H,3-4,10,15H2,1-2H3,(H,16,17,18). The first-order valence-electron chi connectivity index (χ1n) is 6.44. The average molecular weight is 244 g/mol. The molecule has 4 nitrogen and oxygen atoms in total. The monoisotopic (exact) mass is 244 g/mol. The lowest BCUT2D eigenvalue weighted by Crippen LogP contribution is -2.35. The van der Waals surface area contributed by atoms with Gasteiger partial charge in [0.25, 0.3) is 0 Å². The molecule has 0 aliphatic heterocycles. The van der Waals surface area contributed by atoms with Crippen LogP contribution in [-0.4, -0.2) is 21.7 Å². The SMILES string of the molecule is CCC(CC)(CN)c1nc(-c2ccccc2)n[nH]1. The van der Waals surface area contributed by atoms with E-state index in [9.17, 15) is 0 Å². The predicted molar refractivity (Wildman–Crippen MR) is 73.1 cm³/mol. The van der Waals surface area contributed by atoms with E-state index in [1.54, 1.807) is 0 Å². The van der Waals surface area contributed by atoms with E-state index in [0.717, 1.165) is 30.1 Å². The Morgan fingerprint density at radius 1 is 1.17 bits per heavy atom. The summed E-state index contributed by atoms with van der Waals surface area (Å²) in [5.41, 5.74) is 6.86. The van der Waals surface area contributed by atoms with Crippen LogP contribution in [0.25, 0.3) is 11.4 Å². The molecule has 0 fully saturated rings. The van der Waals surface area contributed by atoms with Gasteiger partial charge in [-0.15, -0.1) is 0 Å². The van der Waals surface area contributed by atoms with E-state index in [1.165, 1.54) is 0 Å². The van der Waals surface area contributed by atoms with Crippen molar-refractivity contribution in [1.82, 2.24) is 15.2 Å². The van der Waals surface area contributed by atoms with Gasteiger partial charge in [0, 0.05) is 17.5 Å². The molecule has 96 valence electrons. The number of nitrogens with zero attached hydrogens (tertiary/aromatic N) is 2. The van der Waals surface area contributed by atoms with E-state index in [0.29, 0.717) is 6.54 Å². The summed E-state index contributed by atoms with van der Waals surface area (Å²) in [6, 6.07) is 9.98. The van der Waals surface area contributed by atoms with Crippen LogP contribution in [0, 0.1) is 0 Å². The van der Waals surface area contributed by atoms with E-state index in [-0.39, 0.29) is 5.41 Å². The molecule has 0 bridgehead atoms. The van der Waals surface area contributed by atoms with Crippen LogP contribution >= 0.6 is 0 Å². The summed E-state index contributed by atoms with van der Waals surface area (Å²) in [6.45, 7) is 4.87. The smallest absolute Gasteiger partial charge is 0.181 e. The number of H-pyrrole nitrogens is 1. The van der Waals surface area contributed by atoms with Crippen molar-refractivity contribution < 1.29 is 0 Å². The summed E-state index contributed by atoms with van der Waals surface area (Å²) in [5, 5.41) is 7.36. The molecule has 0 aliphatic carbocycles. The van der Waals surface area contributed by atoms with Crippen LogP contribution in [0.15, 0.2) is 30.3 Å². The molecule has 0 saturated carbocycles. The zero-order valence-electron chi connectivity index (χ0n) is 11.0. The highest BCUT2D eigenvalue weighted by molar-refractivity contribution is 5.54. The van der Waals surface area contributed by atoms with Gasteiger partial charge in [0.2, 0.25) is 0 Å². The van der Waals surface area contributed by atoms with Gasteiger partial charge in [-0.25, -0.2) is 4.98 Å². The van der Waals surface area contributed by atoms with Crippen LogP contribution in [-0.2, 0) is 5.41 Å². The van der Waals surface area contributed by atoms with Gasteiger partial charge in [0.1, 0.15) is 5.82 Å². The van der Waals surface area contributed by atoms with Gasteiger partial charge in [-0.2, -0.15) is 5.10 Å². The van der Waals surface area contributed by atoms with Gasteiger partial charge >= 0.3 is 0 Å². The van der Waals surface area contributed by atoms with E-state index < -0.39 is 0 Å². The molecule has 4 heteroatoms. The predicted octanol–water partition coefficient (Wildman–Crippen LogP) is 2.49. The van der Waals surface area contributed by atoms with Crippen LogP contribution in [0.1, 0.15) is 32.5 Å². The first-order chi connectivity index (χ1) is 8.75. The normalized spacial score (nSPS) is 11.7. The fourth-order valence-corrected chi connectivity index (χ4v) is 2.19. The Hall–Kier alpha value is -1.68. The fraction of sp³-hybridized carbons (Fsp3) is 0.429. The van der Waals surface area contributed by atoms with E-state index in [4.69, 9.17) is 5.73 Å². The van der Waals surface area contributed by atoms with Gasteiger partial charge in [-0.3, -0.25) is 5.10 Å². The summed E-state index contributed by atoms with van der Waals surface area (Å²) in [6.07, 6.45) is 1.92. The lowest BCUT2D eigenvalue weighted by molar-refractivity contribution is 0.384. The topological polar surface area (TPSA) is 67.6 Å². The molecule has 0 amide bonds. The highest BCUT2D eigenvalue weighted by atomic mass is 15.2. The van der Waals surface area contributed by atoms with E-state index in [2.05, 4.69) is 29.0 Å². The Balaban J connectivity index is 2.36. The van der Waals surface area contributed by atoms with Crippen molar-refractivity contribution in [2.75, 3.05) is 6.54 Å². The lowest BCUT2D eigenvalue weighted by Gasteiger charge is -2.26. The first kappa shape index (κ1) is 12.8. The maximum atomic E-state index is 5.92. The molecule has 0 saturated heterocycles. The van der Waals surface area contributed by atoms with Gasteiger partial charge < -0.3 is 5.73 Å². The number of nitrogens with one attached hydrogen (secondary N) is 1. The minimum absolute atomic E-state index is 0.0833. The maximum Gasteiger partial charge on any atom is 0.181 e. The molecule has 0 spiro atoms. The molecule has 0 radical (unpaired) electrons. The van der Waals surface area contributed by atoms with Crippen LogP contribution in [0.4, 0.5) is 0 Å².